The number of hydrogen-bond acceptors (Lipinski definition) is 2. The third kappa shape index (κ3) is 4.08. The van der Waals surface area contributed by atoms with E-state index in [-0.39, 0.29) is 5.91 Å². The predicted molar refractivity (Wildman–Crippen MR) is 80.7 cm³/mol. The van der Waals surface area contributed by atoms with Crippen LogP contribution in [0.4, 0.5) is 0 Å². The molecule has 0 spiro atoms. The SMILES string of the molecule is Cc1ccsc1CNC(=O)CCc1ccccc1Cl. The molecule has 0 fully saturated rings. The highest BCUT2D eigenvalue weighted by atomic mass is 35.5. The van der Waals surface area contributed by atoms with Gasteiger partial charge in [0.15, 0.2) is 0 Å². The zero-order valence-electron chi connectivity index (χ0n) is 10.8. The number of thiophene rings is 1. The fourth-order valence-corrected chi connectivity index (χ4v) is 2.88. The van der Waals surface area contributed by atoms with Crippen molar-refractivity contribution in [3.05, 3.63) is 56.7 Å². The van der Waals surface area contributed by atoms with E-state index >= 15 is 0 Å². The summed E-state index contributed by atoms with van der Waals surface area (Å²) in [4.78, 5) is 13.0. The maximum absolute atomic E-state index is 11.8. The molecule has 0 saturated heterocycles. The first kappa shape index (κ1) is 14.1. The van der Waals surface area contributed by atoms with Crippen molar-refractivity contribution in [3.8, 4) is 0 Å². The quantitative estimate of drug-likeness (QED) is 0.888. The molecule has 0 aliphatic carbocycles. The van der Waals surface area contributed by atoms with Crippen LogP contribution in [0.3, 0.4) is 0 Å². The largest absolute Gasteiger partial charge is 0.351 e. The van der Waals surface area contributed by atoms with Crippen molar-refractivity contribution >= 4 is 28.8 Å². The van der Waals surface area contributed by atoms with Gasteiger partial charge in [-0.15, -0.1) is 11.3 Å². The van der Waals surface area contributed by atoms with E-state index in [0.717, 1.165) is 10.6 Å². The highest BCUT2D eigenvalue weighted by molar-refractivity contribution is 7.10. The summed E-state index contributed by atoms with van der Waals surface area (Å²) in [5.74, 6) is 0.0627. The summed E-state index contributed by atoms with van der Waals surface area (Å²) < 4.78 is 0. The van der Waals surface area contributed by atoms with Gasteiger partial charge in [0.1, 0.15) is 0 Å². The number of benzene rings is 1. The first-order valence-corrected chi connectivity index (χ1v) is 7.45. The molecule has 1 N–H and O–H groups in total. The summed E-state index contributed by atoms with van der Waals surface area (Å²) in [6, 6.07) is 9.71. The molecule has 0 aliphatic rings. The Morgan fingerprint density at radius 1 is 1.32 bits per heavy atom. The Bertz CT molecular complexity index is 565. The van der Waals surface area contributed by atoms with Crippen LogP contribution < -0.4 is 5.32 Å². The number of aryl methyl sites for hydroxylation is 2. The predicted octanol–water partition coefficient (Wildman–Crippen LogP) is 3.96. The minimum atomic E-state index is 0.0627. The Labute approximate surface area is 122 Å². The van der Waals surface area contributed by atoms with Crippen LogP contribution >= 0.6 is 22.9 Å². The number of halogens is 1. The van der Waals surface area contributed by atoms with E-state index in [1.165, 1.54) is 10.4 Å². The molecule has 0 saturated carbocycles. The molecule has 100 valence electrons. The van der Waals surface area contributed by atoms with E-state index < -0.39 is 0 Å². The molecule has 2 rings (SSSR count). The van der Waals surface area contributed by atoms with Crippen LogP contribution in [0.1, 0.15) is 22.4 Å². The summed E-state index contributed by atoms with van der Waals surface area (Å²) in [6.45, 7) is 2.67. The maximum atomic E-state index is 11.8. The van der Waals surface area contributed by atoms with Gasteiger partial charge in [0.25, 0.3) is 0 Å². The van der Waals surface area contributed by atoms with Gasteiger partial charge in [0, 0.05) is 16.3 Å². The smallest absolute Gasteiger partial charge is 0.220 e. The van der Waals surface area contributed by atoms with Crippen LogP contribution in [0.15, 0.2) is 35.7 Å². The third-order valence-corrected chi connectivity index (χ3v) is 4.39. The number of amides is 1. The molecule has 0 atom stereocenters. The zero-order chi connectivity index (χ0) is 13.7. The van der Waals surface area contributed by atoms with Crippen molar-refractivity contribution in [2.75, 3.05) is 0 Å². The van der Waals surface area contributed by atoms with Gasteiger partial charge >= 0.3 is 0 Å². The Balaban J connectivity index is 1.79. The number of hydrogen-bond donors (Lipinski definition) is 1. The van der Waals surface area contributed by atoms with Gasteiger partial charge in [-0.2, -0.15) is 0 Å². The lowest BCUT2D eigenvalue weighted by Gasteiger charge is -2.06. The van der Waals surface area contributed by atoms with E-state index in [1.807, 2.05) is 29.6 Å². The second-order valence-electron chi connectivity index (χ2n) is 4.39. The lowest BCUT2D eigenvalue weighted by Crippen LogP contribution is -2.22. The first-order chi connectivity index (χ1) is 9.16. The molecule has 2 aromatic rings. The highest BCUT2D eigenvalue weighted by Gasteiger charge is 2.06. The lowest BCUT2D eigenvalue weighted by molar-refractivity contribution is -0.121. The average Bonchev–Trinajstić information content (AvgIpc) is 2.81. The zero-order valence-corrected chi connectivity index (χ0v) is 12.4. The van der Waals surface area contributed by atoms with Crippen LogP contribution in [0.2, 0.25) is 5.02 Å². The number of nitrogens with one attached hydrogen (secondary N) is 1. The fourth-order valence-electron chi connectivity index (χ4n) is 1.80. The molecule has 1 aromatic heterocycles. The summed E-state index contributed by atoms with van der Waals surface area (Å²) in [7, 11) is 0. The summed E-state index contributed by atoms with van der Waals surface area (Å²) in [6.07, 6.45) is 1.14. The average molecular weight is 294 g/mol. The molecule has 1 heterocycles. The molecule has 1 amide bonds. The molecule has 1 aromatic carbocycles. The van der Waals surface area contributed by atoms with Crippen LogP contribution in [-0.2, 0) is 17.8 Å². The Morgan fingerprint density at radius 2 is 2.11 bits per heavy atom. The molecule has 0 aliphatic heterocycles. The van der Waals surface area contributed by atoms with Gasteiger partial charge in [-0.1, -0.05) is 29.8 Å². The summed E-state index contributed by atoms with van der Waals surface area (Å²) in [5, 5.41) is 5.71. The summed E-state index contributed by atoms with van der Waals surface area (Å²) >= 11 is 7.73. The van der Waals surface area contributed by atoms with Crippen LogP contribution in [-0.4, -0.2) is 5.91 Å². The maximum Gasteiger partial charge on any atom is 0.220 e. The molecular formula is C15H16ClNOS. The van der Waals surface area contributed by atoms with E-state index in [1.54, 1.807) is 11.3 Å². The van der Waals surface area contributed by atoms with Gasteiger partial charge < -0.3 is 5.32 Å². The molecule has 2 nitrogen and oxygen atoms in total. The van der Waals surface area contributed by atoms with Gasteiger partial charge in [0.2, 0.25) is 5.91 Å². The molecule has 4 heteroatoms. The standard InChI is InChI=1S/C15H16ClNOS/c1-11-8-9-19-14(11)10-17-15(18)7-6-12-4-2-3-5-13(12)16/h2-5,8-9H,6-7,10H2,1H3,(H,17,18). The van der Waals surface area contributed by atoms with Crippen molar-refractivity contribution in [3.63, 3.8) is 0 Å². The molecule has 0 bridgehead atoms. The fraction of sp³-hybridized carbons (Fsp3) is 0.267. The van der Waals surface area contributed by atoms with Crippen LogP contribution in [0.25, 0.3) is 0 Å². The molecular weight excluding hydrogens is 278 g/mol. The van der Waals surface area contributed by atoms with Crippen LogP contribution in [0.5, 0.6) is 0 Å². The van der Waals surface area contributed by atoms with E-state index in [4.69, 9.17) is 11.6 Å². The lowest BCUT2D eigenvalue weighted by atomic mass is 10.1. The Kier molecular flexibility index (Phi) is 5.00. The van der Waals surface area contributed by atoms with Crippen molar-refractivity contribution in [1.82, 2.24) is 5.32 Å². The van der Waals surface area contributed by atoms with Crippen molar-refractivity contribution < 1.29 is 4.79 Å². The second-order valence-corrected chi connectivity index (χ2v) is 5.80. The highest BCUT2D eigenvalue weighted by Crippen LogP contribution is 2.17. The van der Waals surface area contributed by atoms with Gasteiger partial charge in [-0.3, -0.25) is 4.79 Å². The Morgan fingerprint density at radius 3 is 2.79 bits per heavy atom. The van der Waals surface area contributed by atoms with E-state index in [9.17, 15) is 4.79 Å². The normalized spacial score (nSPS) is 10.4. The van der Waals surface area contributed by atoms with E-state index in [0.29, 0.717) is 19.4 Å². The van der Waals surface area contributed by atoms with E-state index in [2.05, 4.69) is 18.3 Å². The third-order valence-electron chi connectivity index (χ3n) is 2.99. The van der Waals surface area contributed by atoms with Crippen LogP contribution in [0, 0.1) is 6.92 Å². The van der Waals surface area contributed by atoms with Gasteiger partial charge in [-0.05, 0) is 42.0 Å². The van der Waals surface area contributed by atoms with Gasteiger partial charge in [0.05, 0.1) is 6.54 Å². The molecule has 19 heavy (non-hydrogen) atoms. The second kappa shape index (κ2) is 6.73. The molecule has 0 unspecified atom stereocenters. The minimum Gasteiger partial charge on any atom is -0.351 e. The first-order valence-electron chi connectivity index (χ1n) is 6.20. The summed E-state index contributed by atoms with van der Waals surface area (Å²) in [5.41, 5.74) is 2.25. The topological polar surface area (TPSA) is 29.1 Å². The monoisotopic (exact) mass is 293 g/mol. The molecule has 0 radical (unpaired) electrons. The number of rotatable bonds is 5. The van der Waals surface area contributed by atoms with Crippen molar-refractivity contribution in [2.24, 2.45) is 0 Å². The Hall–Kier alpha value is -1.32. The van der Waals surface area contributed by atoms with Crippen molar-refractivity contribution in [1.29, 1.82) is 0 Å². The number of carbonyl (C=O) groups excluding carboxylic acids is 1. The van der Waals surface area contributed by atoms with Crippen molar-refractivity contribution in [2.45, 2.75) is 26.3 Å². The van der Waals surface area contributed by atoms with Gasteiger partial charge in [-0.25, -0.2) is 0 Å². The number of carbonyl (C=O) groups is 1. The minimum absolute atomic E-state index is 0.0627.